The van der Waals surface area contributed by atoms with E-state index in [2.05, 4.69) is 15.0 Å². The molecule has 12 heteroatoms. The van der Waals surface area contributed by atoms with E-state index in [-0.39, 0.29) is 50.1 Å². The van der Waals surface area contributed by atoms with Gasteiger partial charge in [-0.15, -0.1) is 5.06 Å². The number of nitrogens with zero attached hydrogens (tertiary/aromatic N) is 3. The Morgan fingerprint density at radius 3 is 2.59 bits per heavy atom. The summed E-state index contributed by atoms with van der Waals surface area (Å²) < 4.78 is 51.8. The lowest BCUT2D eigenvalue weighted by Gasteiger charge is -2.22. The Bertz CT molecular complexity index is 1130. The first-order valence-electron chi connectivity index (χ1n) is 10.7. The largest absolute Gasteiger partial charge is 0.492 e. The van der Waals surface area contributed by atoms with Crippen LogP contribution in [0.5, 0.6) is 0 Å². The van der Waals surface area contributed by atoms with Crippen LogP contribution in [0, 0.1) is 12.7 Å². The van der Waals surface area contributed by atoms with E-state index in [4.69, 9.17) is 0 Å². The topological polar surface area (TPSA) is 95.6 Å². The summed E-state index contributed by atoms with van der Waals surface area (Å²) in [5.41, 5.74) is 2.07. The number of hydrogen-bond acceptors (Lipinski definition) is 6. The van der Waals surface area contributed by atoms with E-state index >= 15 is 0 Å². The van der Waals surface area contributed by atoms with Gasteiger partial charge in [-0.3, -0.25) is 9.59 Å². The number of benzene rings is 1. The number of hydrogen-bond donors (Lipinski definition) is 1. The zero-order valence-electron chi connectivity index (χ0n) is 18.7. The van der Waals surface area contributed by atoms with Gasteiger partial charge in [0.05, 0.1) is 17.8 Å². The molecule has 0 spiro atoms. The number of hydroxylamine groups is 2. The Hall–Kier alpha value is -3.28. The van der Waals surface area contributed by atoms with Gasteiger partial charge in [-0.2, -0.15) is 18.3 Å². The molecule has 1 amide bonds. The molecule has 1 saturated heterocycles. The standard InChI is InChI=1S/C22H24F4N4O4/c1-3-15-13(2)18(27-28-19(15)31)12-14-5-6-17(23)16(11-14)20(32)29-7-4-8-30(10-9-29)34-21(33)22(24,25)26/h5-6,11H,3-4,7-10,12H2,1-2H3,(H,28,31). The van der Waals surface area contributed by atoms with Gasteiger partial charge in [0, 0.05) is 31.6 Å². The van der Waals surface area contributed by atoms with Gasteiger partial charge in [-0.05, 0) is 43.0 Å². The number of aromatic amines is 1. The molecule has 2 heterocycles. The highest BCUT2D eigenvalue weighted by Gasteiger charge is 2.42. The van der Waals surface area contributed by atoms with Gasteiger partial charge < -0.3 is 9.74 Å². The minimum absolute atomic E-state index is 0.00500. The normalized spacial score (nSPS) is 15.2. The molecule has 1 aliphatic rings. The number of alkyl halides is 3. The summed E-state index contributed by atoms with van der Waals surface area (Å²) in [5.74, 6) is -3.69. The monoisotopic (exact) mass is 484 g/mol. The van der Waals surface area contributed by atoms with Crippen LogP contribution < -0.4 is 5.56 Å². The van der Waals surface area contributed by atoms with Crippen LogP contribution in [0.4, 0.5) is 17.6 Å². The van der Waals surface area contributed by atoms with Crippen molar-refractivity contribution in [2.75, 3.05) is 26.2 Å². The summed E-state index contributed by atoms with van der Waals surface area (Å²) in [5, 5.41) is 7.38. The van der Waals surface area contributed by atoms with Gasteiger partial charge in [0.2, 0.25) is 0 Å². The Morgan fingerprint density at radius 2 is 1.91 bits per heavy atom. The molecule has 1 aliphatic heterocycles. The van der Waals surface area contributed by atoms with Crippen molar-refractivity contribution in [3.63, 3.8) is 0 Å². The second-order valence-corrected chi connectivity index (χ2v) is 7.90. The molecule has 1 aromatic carbocycles. The molecule has 1 fully saturated rings. The maximum Gasteiger partial charge on any atom is 0.492 e. The highest BCUT2D eigenvalue weighted by atomic mass is 19.4. The fourth-order valence-electron chi connectivity index (χ4n) is 3.78. The summed E-state index contributed by atoms with van der Waals surface area (Å²) in [4.78, 5) is 41.6. The van der Waals surface area contributed by atoms with Crippen LogP contribution in [0.1, 0.15) is 46.1 Å². The van der Waals surface area contributed by atoms with Crippen molar-refractivity contribution in [2.24, 2.45) is 0 Å². The van der Waals surface area contributed by atoms with E-state index in [1.807, 2.05) is 6.92 Å². The van der Waals surface area contributed by atoms with Crippen LogP contribution in [0.25, 0.3) is 0 Å². The molecule has 0 radical (unpaired) electrons. The van der Waals surface area contributed by atoms with E-state index in [9.17, 15) is 31.9 Å². The zero-order chi connectivity index (χ0) is 25.0. The molecular weight excluding hydrogens is 460 g/mol. The molecule has 2 aromatic rings. The third-order valence-corrected chi connectivity index (χ3v) is 5.62. The summed E-state index contributed by atoms with van der Waals surface area (Å²) in [6.07, 6.45) is -4.10. The number of H-pyrrole nitrogens is 1. The summed E-state index contributed by atoms with van der Waals surface area (Å²) in [6.45, 7) is 3.60. The molecular formula is C22H24F4N4O4. The average Bonchev–Trinajstić information content (AvgIpc) is 3.02. The Labute approximate surface area is 192 Å². The third-order valence-electron chi connectivity index (χ3n) is 5.62. The first kappa shape index (κ1) is 25.3. The van der Waals surface area contributed by atoms with Crippen LogP contribution in [-0.4, -0.2) is 64.4 Å². The average molecular weight is 484 g/mol. The Kier molecular flexibility index (Phi) is 7.70. The summed E-state index contributed by atoms with van der Waals surface area (Å²) in [7, 11) is 0. The van der Waals surface area contributed by atoms with Crippen molar-refractivity contribution >= 4 is 11.9 Å². The van der Waals surface area contributed by atoms with Gasteiger partial charge in [-0.25, -0.2) is 14.3 Å². The van der Waals surface area contributed by atoms with Gasteiger partial charge >= 0.3 is 12.1 Å². The second kappa shape index (κ2) is 10.3. The number of rotatable bonds is 5. The highest BCUT2D eigenvalue weighted by Crippen LogP contribution is 2.20. The van der Waals surface area contributed by atoms with Gasteiger partial charge in [0.1, 0.15) is 5.82 Å². The first-order chi connectivity index (χ1) is 16.0. The second-order valence-electron chi connectivity index (χ2n) is 7.90. The van der Waals surface area contributed by atoms with Gasteiger partial charge in [0.25, 0.3) is 11.5 Å². The molecule has 0 atom stereocenters. The van der Waals surface area contributed by atoms with Crippen LogP contribution in [-0.2, 0) is 22.5 Å². The van der Waals surface area contributed by atoms with Crippen molar-refractivity contribution < 1.29 is 32.0 Å². The number of aromatic nitrogens is 2. The fourth-order valence-corrected chi connectivity index (χ4v) is 3.78. The molecule has 0 unspecified atom stereocenters. The van der Waals surface area contributed by atoms with Gasteiger partial charge in [0.15, 0.2) is 0 Å². The maximum atomic E-state index is 14.5. The van der Waals surface area contributed by atoms with Crippen LogP contribution in [0.2, 0.25) is 0 Å². The number of halogens is 4. The number of nitrogens with one attached hydrogen (secondary N) is 1. The molecule has 3 rings (SSSR count). The van der Waals surface area contributed by atoms with Crippen molar-refractivity contribution in [3.05, 3.63) is 62.3 Å². The predicted molar refractivity (Wildman–Crippen MR) is 112 cm³/mol. The molecule has 8 nitrogen and oxygen atoms in total. The Balaban J connectivity index is 1.74. The van der Waals surface area contributed by atoms with Crippen LogP contribution in [0.15, 0.2) is 23.0 Å². The molecule has 1 N–H and O–H groups in total. The number of amides is 1. The molecule has 0 saturated carbocycles. The lowest BCUT2D eigenvalue weighted by atomic mass is 10.00. The first-order valence-corrected chi connectivity index (χ1v) is 10.7. The van der Waals surface area contributed by atoms with E-state index in [0.717, 1.165) is 10.6 Å². The summed E-state index contributed by atoms with van der Waals surface area (Å²) in [6, 6.07) is 4.09. The zero-order valence-corrected chi connectivity index (χ0v) is 18.7. The van der Waals surface area contributed by atoms with Crippen molar-refractivity contribution in [3.8, 4) is 0 Å². The molecule has 0 bridgehead atoms. The van der Waals surface area contributed by atoms with Crippen molar-refractivity contribution in [1.82, 2.24) is 20.2 Å². The van der Waals surface area contributed by atoms with E-state index in [1.54, 1.807) is 6.92 Å². The highest BCUT2D eigenvalue weighted by molar-refractivity contribution is 5.94. The third kappa shape index (κ3) is 5.79. The minimum atomic E-state index is -5.12. The predicted octanol–water partition coefficient (Wildman–Crippen LogP) is 2.54. The smallest absolute Gasteiger partial charge is 0.361 e. The molecule has 34 heavy (non-hydrogen) atoms. The van der Waals surface area contributed by atoms with Gasteiger partial charge in [-0.1, -0.05) is 13.0 Å². The summed E-state index contributed by atoms with van der Waals surface area (Å²) >= 11 is 0. The lowest BCUT2D eigenvalue weighted by molar-refractivity contribution is -0.237. The van der Waals surface area contributed by atoms with Crippen molar-refractivity contribution in [2.45, 2.75) is 39.3 Å². The van der Waals surface area contributed by atoms with Crippen molar-refractivity contribution in [1.29, 1.82) is 0 Å². The number of carbonyl (C=O) groups excluding carboxylic acids is 2. The lowest BCUT2D eigenvalue weighted by Crippen LogP contribution is -2.38. The minimum Gasteiger partial charge on any atom is -0.361 e. The Morgan fingerprint density at radius 1 is 1.18 bits per heavy atom. The molecule has 184 valence electrons. The maximum absolute atomic E-state index is 14.5. The van der Waals surface area contributed by atoms with E-state index in [0.29, 0.717) is 23.2 Å². The molecule has 1 aromatic heterocycles. The fraction of sp³-hybridized carbons (Fsp3) is 0.455. The molecule has 0 aliphatic carbocycles. The van der Waals surface area contributed by atoms with Crippen LogP contribution >= 0.6 is 0 Å². The SMILES string of the molecule is CCc1c(C)c(Cc2ccc(F)c(C(=O)N3CCCN(OC(=O)C(F)(F)F)CC3)c2)n[nH]c1=O. The van der Waals surface area contributed by atoms with E-state index < -0.39 is 23.9 Å². The van der Waals surface area contributed by atoms with Crippen LogP contribution in [0.3, 0.4) is 0 Å². The van der Waals surface area contributed by atoms with E-state index in [1.165, 1.54) is 23.1 Å². The quantitative estimate of drug-likeness (QED) is 0.656. The number of carbonyl (C=O) groups is 2.